The highest BCUT2D eigenvalue weighted by atomic mass is 35.5. The summed E-state index contributed by atoms with van der Waals surface area (Å²) in [6.45, 7) is 4.23. The maximum Gasteiger partial charge on any atom is 0.254 e. The molecule has 25 heavy (non-hydrogen) atoms. The lowest BCUT2D eigenvalue weighted by Crippen LogP contribution is -2.57. The van der Waals surface area contributed by atoms with E-state index in [1.807, 2.05) is 24.3 Å². The SMILES string of the molecule is O=C1c2cc(-c3ccc(Cl)cc3)ccc2CN1[C@H]1CN2CCC1CC2. The van der Waals surface area contributed by atoms with Crippen LogP contribution in [-0.2, 0) is 6.54 Å². The molecule has 0 N–H and O–H groups in total. The summed E-state index contributed by atoms with van der Waals surface area (Å²) < 4.78 is 0. The highest BCUT2D eigenvalue weighted by Gasteiger charge is 2.42. The summed E-state index contributed by atoms with van der Waals surface area (Å²) in [4.78, 5) is 17.7. The Kier molecular flexibility index (Phi) is 3.61. The van der Waals surface area contributed by atoms with Crippen LogP contribution in [0, 0.1) is 5.92 Å². The molecule has 0 spiro atoms. The molecule has 4 heteroatoms. The minimum Gasteiger partial charge on any atom is -0.330 e. The second-order valence-corrected chi connectivity index (χ2v) is 7.95. The van der Waals surface area contributed by atoms with Crippen molar-refractivity contribution in [3.05, 3.63) is 58.6 Å². The Morgan fingerprint density at radius 2 is 1.68 bits per heavy atom. The van der Waals surface area contributed by atoms with Gasteiger partial charge in [0.15, 0.2) is 0 Å². The maximum atomic E-state index is 13.1. The lowest BCUT2D eigenvalue weighted by atomic mass is 9.83. The molecule has 1 atom stereocenters. The molecule has 128 valence electrons. The van der Waals surface area contributed by atoms with Gasteiger partial charge in [-0.05, 0) is 66.7 Å². The number of benzene rings is 2. The maximum absolute atomic E-state index is 13.1. The molecular weight excluding hydrogens is 332 g/mol. The van der Waals surface area contributed by atoms with Crippen molar-refractivity contribution in [2.45, 2.75) is 25.4 Å². The fourth-order valence-corrected chi connectivity index (χ4v) is 4.83. The van der Waals surface area contributed by atoms with Crippen molar-refractivity contribution in [1.29, 1.82) is 0 Å². The van der Waals surface area contributed by atoms with Crippen LogP contribution in [0.5, 0.6) is 0 Å². The van der Waals surface area contributed by atoms with Crippen molar-refractivity contribution in [1.82, 2.24) is 9.80 Å². The summed E-state index contributed by atoms with van der Waals surface area (Å²) >= 11 is 5.99. The number of hydrogen-bond donors (Lipinski definition) is 0. The third-order valence-electron chi connectivity index (χ3n) is 6.14. The van der Waals surface area contributed by atoms with Gasteiger partial charge in [0.05, 0.1) is 0 Å². The molecule has 4 heterocycles. The summed E-state index contributed by atoms with van der Waals surface area (Å²) in [6.07, 6.45) is 2.47. The van der Waals surface area contributed by atoms with E-state index >= 15 is 0 Å². The topological polar surface area (TPSA) is 23.6 Å². The highest BCUT2D eigenvalue weighted by molar-refractivity contribution is 6.30. The fraction of sp³-hybridized carbons (Fsp3) is 0.381. The van der Waals surface area contributed by atoms with Crippen LogP contribution < -0.4 is 0 Å². The first-order chi connectivity index (χ1) is 12.2. The third kappa shape index (κ3) is 2.57. The van der Waals surface area contributed by atoms with Gasteiger partial charge in [0, 0.05) is 29.7 Å². The van der Waals surface area contributed by atoms with Crippen molar-refractivity contribution < 1.29 is 4.79 Å². The summed E-state index contributed by atoms with van der Waals surface area (Å²) in [5.74, 6) is 0.892. The van der Waals surface area contributed by atoms with E-state index < -0.39 is 0 Å². The number of amides is 1. The van der Waals surface area contributed by atoms with Crippen LogP contribution in [0.4, 0.5) is 0 Å². The first-order valence-corrected chi connectivity index (χ1v) is 9.49. The van der Waals surface area contributed by atoms with Gasteiger partial charge in [0.1, 0.15) is 0 Å². The normalized spacial score (nSPS) is 27.6. The van der Waals surface area contributed by atoms with Crippen LogP contribution in [0.2, 0.25) is 5.02 Å². The van der Waals surface area contributed by atoms with E-state index in [0.717, 1.165) is 34.8 Å². The quantitative estimate of drug-likeness (QED) is 0.813. The number of piperidine rings is 3. The predicted octanol–water partition coefficient (Wildman–Crippen LogP) is 4.06. The minimum atomic E-state index is 0.213. The second-order valence-electron chi connectivity index (χ2n) is 7.52. The smallest absolute Gasteiger partial charge is 0.254 e. The van der Waals surface area contributed by atoms with Crippen LogP contribution in [-0.4, -0.2) is 41.4 Å². The molecule has 0 aliphatic carbocycles. The average molecular weight is 353 g/mol. The van der Waals surface area contributed by atoms with Crippen LogP contribution in [0.1, 0.15) is 28.8 Å². The highest BCUT2D eigenvalue weighted by Crippen LogP contribution is 2.36. The van der Waals surface area contributed by atoms with E-state index in [2.05, 4.69) is 28.0 Å². The Hall–Kier alpha value is -1.84. The van der Waals surface area contributed by atoms with E-state index in [9.17, 15) is 4.79 Å². The van der Waals surface area contributed by atoms with Crippen molar-refractivity contribution in [3.8, 4) is 11.1 Å². The van der Waals surface area contributed by atoms with Crippen LogP contribution in [0.25, 0.3) is 11.1 Å². The van der Waals surface area contributed by atoms with E-state index in [1.54, 1.807) is 0 Å². The summed E-state index contributed by atoms with van der Waals surface area (Å²) in [7, 11) is 0. The standard InChI is InChI=1S/C21H21ClN2O/c22-18-5-3-14(4-6-18)16-1-2-17-12-24(21(25)19(17)11-16)20-13-23-9-7-15(20)8-10-23/h1-6,11,15,20H,7-10,12-13H2/t20-/m0/s1. The summed E-state index contributed by atoms with van der Waals surface area (Å²) in [5, 5.41) is 0.731. The third-order valence-corrected chi connectivity index (χ3v) is 6.39. The molecular formula is C21H21ClN2O. The van der Waals surface area contributed by atoms with Gasteiger partial charge in [-0.2, -0.15) is 0 Å². The molecule has 0 saturated carbocycles. The molecule has 3 saturated heterocycles. The first kappa shape index (κ1) is 15.4. The van der Waals surface area contributed by atoms with Crippen LogP contribution in [0.15, 0.2) is 42.5 Å². The largest absolute Gasteiger partial charge is 0.330 e. The second kappa shape index (κ2) is 5.86. The number of rotatable bonds is 2. The number of fused-ring (bicyclic) bond motifs is 4. The molecule has 0 aromatic heterocycles. The zero-order valence-corrected chi connectivity index (χ0v) is 14.9. The lowest BCUT2D eigenvalue weighted by Gasteiger charge is -2.48. The molecule has 2 bridgehead atoms. The van der Waals surface area contributed by atoms with Crippen molar-refractivity contribution in [2.75, 3.05) is 19.6 Å². The molecule has 1 amide bonds. The molecule has 0 radical (unpaired) electrons. The van der Waals surface area contributed by atoms with Gasteiger partial charge in [-0.15, -0.1) is 0 Å². The van der Waals surface area contributed by atoms with E-state index in [1.165, 1.54) is 31.5 Å². The molecule has 4 aliphatic rings. The number of nitrogens with zero attached hydrogens (tertiary/aromatic N) is 2. The Balaban J connectivity index is 1.44. The monoisotopic (exact) mass is 352 g/mol. The van der Waals surface area contributed by atoms with Gasteiger partial charge in [-0.3, -0.25) is 4.79 Å². The Morgan fingerprint density at radius 1 is 0.960 bits per heavy atom. The number of halogens is 1. The molecule has 0 unspecified atom stereocenters. The summed E-state index contributed by atoms with van der Waals surface area (Å²) in [5.41, 5.74) is 4.23. The van der Waals surface area contributed by atoms with Gasteiger partial charge < -0.3 is 9.80 Å². The first-order valence-electron chi connectivity index (χ1n) is 9.11. The van der Waals surface area contributed by atoms with Crippen LogP contribution in [0.3, 0.4) is 0 Å². The number of carbonyl (C=O) groups is 1. The van der Waals surface area contributed by atoms with Crippen molar-refractivity contribution >= 4 is 17.5 Å². The van der Waals surface area contributed by atoms with Gasteiger partial charge in [0.25, 0.3) is 5.91 Å². The zero-order chi connectivity index (χ0) is 17.0. The number of hydrogen-bond acceptors (Lipinski definition) is 2. The summed E-state index contributed by atoms with van der Waals surface area (Å²) in [6, 6.07) is 14.5. The minimum absolute atomic E-state index is 0.213. The Morgan fingerprint density at radius 3 is 2.36 bits per heavy atom. The number of carbonyl (C=O) groups excluding carboxylic acids is 1. The molecule has 4 aliphatic heterocycles. The van der Waals surface area contributed by atoms with Gasteiger partial charge in [-0.25, -0.2) is 0 Å². The van der Waals surface area contributed by atoms with Gasteiger partial charge in [-0.1, -0.05) is 35.9 Å². The van der Waals surface area contributed by atoms with E-state index in [-0.39, 0.29) is 5.91 Å². The molecule has 3 nitrogen and oxygen atoms in total. The molecule has 2 aromatic carbocycles. The van der Waals surface area contributed by atoms with E-state index in [0.29, 0.717) is 12.0 Å². The molecule has 3 fully saturated rings. The van der Waals surface area contributed by atoms with Gasteiger partial charge >= 0.3 is 0 Å². The molecule has 6 rings (SSSR count). The average Bonchev–Trinajstić information content (AvgIpc) is 2.99. The fourth-order valence-electron chi connectivity index (χ4n) is 4.70. The van der Waals surface area contributed by atoms with Crippen molar-refractivity contribution in [3.63, 3.8) is 0 Å². The van der Waals surface area contributed by atoms with E-state index in [4.69, 9.17) is 11.6 Å². The zero-order valence-electron chi connectivity index (χ0n) is 14.1. The Bertz CT molecular complexity index is 824. The van der Waals surface area contributed by atoms with Crippen molar-refractivity contribution in [2.24, 2.45) is 5.92 Å². The lowest BCUT2D eigenvalue weighted by molar-refractivity contribution is 0.00846. The Labute approximate surface area is 153 Å². The van der Waals surface area contributed by atoms with Crippen LogP contribution >= 0.6 is 11.6 Å². The molecule has 2 aromatic rings. The predicted molar refractivity (Wildman–Crippen MR) is 99.7 cm³/mol. The van der Waals surface area contributed by atoms with Gasteiger partial charge in [0.2, 0.25) is 0 Å².